The third kappa shape index (κ3) is 3.74. The standard InChI is InChI=1S/C12H10ClFN2O4S2/c13-11-7-10(5-6-12(11)14)22(19,20)16-8-1-3-9(4-2-8)21(15,17)18/h1-7,16H,(H2,15,17,18). The highest BCUT2D eigenvalue weighted by atomic mass is 35.5. The number of rotatable bonds is 4. The Morgan fingerprint density at radius 3 is 2.00 bits per heavy atom. The van der Waals surface area contributed by atoms with Crippen LogP contribution in [0.3, 0.4) is 0 Å². The van der Waals surface area contributed by atoms with Crippen molar-refractivity contribution < 1.29 is 21.2 Å². The summed E-state index contributed by atoms with van der Waals surface area (Å²) in [4.78, 5) is -0.380. The van der Waals surface area contributed by atoms with Crippen LogP contribution in [0.1, 0.15) is 0 Å². The van der Waals surface area contributed by atoms with Crippen LogP contribution in [0, 0.1) is 5.82 Å². The Morgan fingerprint density at radius 2 is 1.50 bits per heavy atom. The van der Waals surface area contributed by atoms with Crippen LogP contribution in [0.5, 0.6) is 0 Å². The summed E-state index contributed by atoms with van der Waals surface area (Å²) in [5, 5.41) is 4.61. The van der Waals surface area contributed by atoms with Gasteiger partial charge in [0.1, 0.15) is 5.82 Å². The lowest BCUT2D eigenvalue weighted by molar-refractivity contribution is 0.597. The summed E-state index contributed by atoms with van der Waals surface area (Å²) in [6.45, 7) is 0. The SMILES string of the molecule is NS(=O)(=O)c1ccc(NS(=O)(=O)c2ccc(F)c(Cl)c2)cc1. The van der Waals surface area contributed by atoms with Gasteiger partial charge in [-0.1, -0.05) is 11.6 Å². The van der Waals surface area contributed by atoms with Crippen molar-refractivity contribution >= 4 is 37.3 Å². The van der Waals surface area contributed by atoms with Crippen LogP contribution < -0.4 is 9.86 Å². The quantitative estimate of drug-likeness (QED) is 0.864. The van der Waals surface area contributed by atoms with Crippen molar-refractivity contribution in [2.75, 3.05) is 4.72 Å². The Kier molecular flexibility index (Phi) is 4.43. The molecule has 2 aromatic carbocycles. The number of nitrogens with one attached hydrogen (secondary N) is 1. The van der Waals surface area contributed by atoms with E-state index in [0.717, 1.165) is 30.3 Å². The fourth-order valence-electron chi connectivity index (χ4n) is 1.57. The fourth-order valence-corrected chi connectivity index (χ4v) is 3.42. The lowest BCUT2D eigenvalue weighted by Gasteiger charge is -2.09. The van der Waals surface area contributed by atoms with Crippen molar-refractivity contribution in [3.05, 3.63) is 53.3 Å². The average Bonchev–Trinajstić information content (AvgIpc) is 2.41. The molecule has 2 aromatic rings. The molecule has 0 atom stereocenters. The molecule has 0 heterocycles. The van der Waals surface area contributed by atoms with Crippen LogP contribution in [0.15, 0.2) is 52.3 Å². The molecule has 0 aliphatic rings. The Balaban J connectivity index is 2.30. The van der Waals surface area contributed by atoms with Gasteiger partial charge in [-0.05, 0) is 42.5 Å². The zero-order chi connectivity index (χ0) is 16.5. The first-order valence-corrected chi connectivity index (χ1v) is 9.11. The molecular weight excluding hydrogens is 355 g/mol. The van der Waals surface area contributed by atoms with Gasteiger partial charge in [0.05, 0.1) is 14.8 Å². The highest BCUT2D eigenvalue weighted by Crippen LogP contribution is 2.22. The molecule has 0 spiro atoms. The van der Waals surface area contributed by atoms with Gasteiger partial charge in [-0.25, -0.2) is 26.4 Å². The third-order valence-electron chi connectivity index (χ3n) is 2.64. The van der Waals surface area contributed by atoms with E-state index in [1.165, 1.54) is 12.1 Å². The molecule has 0 saturated heterocycles. The van der Waals surface area contributed by atoms with Gasteiger partial charge in [-0.3, -0.25) is 4.72 Å². The Hall–Kier alpha value is -1.68. The molecule has 0 fully saturated rings. The van der Waals surface area contributed by atoms with E-state index >= 15 is 0 Å². The van der Waals surface area contributed by atoms with Crippen molar-refractivity contribution in [3.63, 3.8) is 0 Å². The van der Waals surface area contributed by atoms with E-state index in [1.807, 2.05) is 0 Å². The van der Waals surface area contributed by atoms with Crippen LogP contribution in [0.4, 0.5) is 10.1 Å². The van der Waals surface area contributed by atoms with E-state index in [-0.39, 0.29) is 20.5 Å². The number of anilines is 1. The summed E-state index contributed by atoms with van der Waals surface area (Å²) < 4.78 is 61.7. The Labute approximate surface area is 131 Å². The lowest BCUT2D eigenvalue weighted by Crippen LogP contribution is -2.14. The molecule has 0 saturated carbocycles. The molecule has 0 amide bonds. The molecule has 0 bridgehead atoms. The minimum absolute atomic E-state index is 0.118. The number of halogens is 2. The second-order valence-electron chi connectivity index (χ2n) is 4.25. The molecule has 0 radical (unpaired) electrons. The maximum Gasteiger partial charge on any atom is 0.261 e. The van der Waals surface area contributed by atoms with Crippen molar-refractivity contribution in [1.82, 2.24) is 0 Å². The summed E-state index contributed by atoms with van der Waals surface area (Å²) in [6, 6.07) is 7.75. The molecule has 2 rings (SSSR count). The van der Waals surface area contributed by atoms with Crippen molar-refractivity contribution in [1.29, 1.82) is 0 Å². The van der Waals surface area contributed by atoms with Crippen molar-refractivity contribution in [2.45, 2.75) is 9.79 Å². The smallest absolute Gasteiger partial charge is 0.261 e. The van der Waals surface area contributed by atoms with Gasteiger partial charge in [-0.2, -0.15) is 0 Å². The van der Waals surface area contributed by atoms with E-state index in [1.54, 1.807) is 0 Å². The zero-order valence-corrected chi connectivity index (χ0v) is 13.2. The van der Waals surface area contributed by atoms with E-state index in [9.17, 15) is 21.2 Å². The highest BCUT2D eigenvalue weighted by molar-refractivity contribution is 7.92. The lowest BCUT2D eigenvalue weighted by atomic mass is 10.3. The normalized spacial score (nSPS) is 12.1. The number of nitrogens with two attached hydrogens (primary N) is 1. The van der Waals surface area contributed by atoms with Gasteiger partial charge >= 0.3 is 0 Å². The van der Waals surface area contributed by atoms with E-state index in [0.29, 0.717) is 0 Å². The zero-order valence-electron chi connectivity index (χ0n) is 10.8. The molecule has 3 N–H and O–H groups in total. The molecule has 118 valence electrons. The monoisotopic (exact) mass is 364 g/mol. The predicted octanol–water partition coefficient (Wildman–Crippen LogP) is 1.93. The van der Waals surface area contributed by atoms with E-state index in [2.05, 4.69) is 4.72 Å². The maximum atomic E-state index is 13.1. The maximum absolute atomic E-state index is 13.1. The van der Waals surface area contributed by atoms with Crippen LogP contribution in [-0.2, 0) is 20.0 Å². The predicted molar refractivity (Wildman–Crippen MR) is 80.0 cm³/mol. The molecule has 0 aromatic heterocycles. The summed E-state index contributed by atoms with van der Waals surface area (Å²) >= 11 is 5.55. The number of primary sulfonamides is 1. The summed E-state index contributed by atoms with van der Waals surface area (Å²) in [5.74, 6) is -0.738. The molecule has 6 nitrogen and oxygen atoms in total. The molecule has 0 aliphatic carbocycles. The van der Waals surface area contributed by atoms with Gasteiger partial charge in [0.25, 0.3) is 10.0 Å². The van der Waals surface area contributed by atoms with Gasteiger partial charge < -0.3 is 0 Å². The largest absolute Gasteiger partial charge is 0.280 e. The van der Waals surface area contributed by atoms with Crippen LogP contribution in [-0.4, -0.2) is 16.8 Å². The average molecular weight is 365 g/mol. The number of sulfonamides is 2. The van der Waals surface area contributed by atoms with Crippen molar-refractivity contribution in [2.24, 2.45) is 5.14 Å². The molecule has 22 heavy (non-hydrogen) atoms. The number of hydrogen-bond acceptors (Lipinski definition) is 4. The van der Waals surface area contributed by atoms with Gasteiger partial charge in [0, 0.05) is 5.69 Å². The molecular formula is C12H10ClFN2O4S2. The topological polar surface area (TPSA) is 106 Å². The molecule has 0 unspecified atom stereocenters. The highest BCUT2D eigenvalue weighted by Gasteiger charge is 2.16. The van der Waals surface area contributed by atoms with Gasteiger partial charge in [-0.15, -0.1) is 0 Å². The first-order chi connectivity index (χ1) is 10.1. The van der Waals surface area contributed by atoms with E-state index < -0.39 is 25.9 Å². The minimum atomic E-state index is -3.98. The van der Waals surface area contributed by atoms with Gasteiger partial charge in [0.2, 0.25) is 10.0 Å². The van der Waals surface area contributed by atoms with Crippen LogP contribution >= 0.6 is 11.6 Å². The number of hydrogen-bond donors (Lipinski definition) is 2. The second-order valence-corrected chi connectivity index (χ2v) is 7.90. The first kappa shape index (κ1) is 16.7. The molecule has 0 aliphatic heterocycles. The third-order valence-corrected chi connectivity index (χ3v) is 5.23. The van der Waals surface area contributed by atoms with Crippen molar-refractivity contribution in [3.8, 4) is 0 Å². The Morgan fingerprint density at radius 1 is 0.955 bits per heavy atom. The van der Waals surface area contributed by atoms with E-state index in [4.69, 9.17) is 16.7 Å². The summed E-state index contributed by atoms with van der Waals surface area (Å²) in [5.41, 5.74) is 0.118. The first-order valence-electron chi connectivity index (χ1n) is 5.70. The summed E-state index contributed by atoms with van der Waals surface area (Å²) in [7, 11) is -7.84. The Bertz CT molecular complexity index is 913. The second kappa shape index (κ2) is 5.84. The van der Waals surface area contributed by atoms with Crippen LogP contribution in [0.25, 0.3) is 0 Å². The van der Waals surface area contributed by atoms with Gasteiger partial charge in [0.15, 0.2) is 0 Å². The number of benzene rings is 2. The summed E-state index contributed by atoms with van der Waals surface area (Å²) in [6.07, 6.45) is 0. The molecule has 10 heteroatoms. The minimum Gasteiger partial charge on any atom is -0.280 e. The van der Waals surface area contributed by atoms with Crippen LogP contribution in [0.2, 0.25) is 5.02 Å². The fraction of sp³-hybridized carbons (Fsp3) is 0.